The molecule has 0 amide bonds. The Balaban J connectivity index is 2.16. The van der Waals surface area contributed by atoms with Crippen LogP contribution in [0.4, 0.5) is 5.95 Å². The third kappa shape index (κ3) is 2.09. The Labute approximate surface area is 90.5 Å². The van der Waals surface area contributed by atoms with Gasteiger partial charge in [-0.1, -0.05) is 6.92 Å². The van der Waals surface area contributed by atoms with Crippen molar-refractivity contribution in [2.24, 2.45) is 0 Å². The average molecular weight is 206 g/mol. The van der Waals surface area contributed by atoms with Crippen LogP contribution in [0.25, 0.3) is 0 Å². The molecular formula is C11H18N4. The smallest absolute Gasteiger partial charge is 0.220 e. The van der Waals surface area contributed by atoms with Gasteiger partial charge in [0.25, 0.3) is 0 Å². The van der Waals surface area contributed by atoms with Crippen molar-refractivity contribution in [3.05, 3.63) is 18.0 Å². The number of aromatic nitrogens is 2. The SMILES string of the molecule is C[C@H](c1ccnc(N)n1)[C@H]1CCCN1C. The summed E-state index contributed by atoms with van der Waals surface area (Å²) in [6.07, 6.45) is 4.27. The molecule has 0 radical (unpaired) electrons. The summed E-state index contributed by atoms with van der Waals surface area (Å²) in [6, 6.07) is 2.56. The van der Waals surface area contributed by atoms with Crippen LogP contribution in [0.3, 0.4) is 0 Å². The lowest BCUT2D eigenvalue weighted by molar-refractivity contribution is 0.276. The lowest BCUT2D eigenvalue weighted by Crippen LogP contribution is -2.30. The zero-order chi connectivity index (χ0) is 10.8. The number of likely N-dealkylation sites (tertiary alicyclic amines) is 1. The van der Waals surface area contributed by atoms with Gasteiger partial charge in [0.15, 0.2) is 0 Å². The molecule has 1 aliphatic heterocycles. The van der Waals surface area contributed by atoms with E-state index >= 15 is 0 Å². The molecule has 0 aromatic carbocycles. The van der Waals surface area contributed by atoms with Gasteiger partial charge in [0.2, 0.25) is 5.95 Å². The van der Waals surface area contributed by atoms with Crippen molar-refractivity contribution < 1.29 is 0 Å². The topological polar surface area (TPSA) is 55.0 Å². The molecule has 1 saturated heterocycles. The number of likely N-dealkylation sites (N-methyl/N-ethyl adjacent to an activating group) is 1. The standard InChI is InChI=1S/C11H18N4/c1-8(10-4-3-7-15(10)2)9-5-6-13-11(12)14-9/h5-6,8,10H,3-4,7H2,1-2H3,(H2,12,13,14)/t8-,10-/m1/s1. The summed E-state index contributed by atoms with van der Waals surface area (Å²) in [5.41, 5.74) is 6.65. The highest BCUT2D eigenvalue weighted by molar-refractivity contribution is 5.20. The van der Waals surface area contributed by atoms with E-state index in [0.717, 1.165) is 5.69 Å². The Kier molecular flexibility index (Phi) is 2.86. The molecule has 1 aromatic heterocycles. The molecule has 2 N–H and O–H groups in total. The van der Waals surface area contributed by atoms with Gasteiger partial charge in [0, 0.05) is 18.2 Å². The van der Waals surface area contributed by atoms with Gasteiger partial charge in [0.05, 0.1) is 5.69 Å². The summed E-state index contributed by atoms with van der Waals surface area (Å²) in [5, 5.41) is 0. The second kappa shape index (κ2) is 4.14. The minimum atomic E-state index is 0.375. The first-order chi connectivity index (χ1) is 7.18. The summed E-state index contributed by atoms with van der Waals surface area (Å²) in [4.78, 5) is 10.6. The molecule has 2 rings (SSSR count). The number of rotatable bonds is 2. The molecule has 1 fully saturated rings. The number of nitrogens with zero attached hydrogens (tertiary/aromatic N) is 3. The second-order valence-electron chi connectivity index (χ2n) is 4.32. The van der Waals surface area contributed by atoms with Crippen molar-refractivity contribution in [1.29, 1.82) is 0 Å². The molecule has 0 bridgehead atoms. The minimum absolute atomic E-state index is 0.375. The van der Waals surface area contributed by atoms with Gasteiger partial charge in [-0.05, 0) is 32.5 Å². The van der Waals surface area contributed by atoms with Crippen molar-refractivity contribution in [2.45, 2.75) is 31.7 Å². The van der Waals surface area contributed by atoms with E-state index in [2.05, 4.69) is 28.8 Å². The van der Waals surface area contributed by atoms with E-state index in [1.165, 1.54) is 19.4 Å². The molecule has 4 nitrogen and oxygen atoms in total. The fourth-order valence-electron chi connectivity index (χ4n) is 2.41. The number of nitrogen functional groups attached to an aromatic ring is 1. The first-order valence-corrected chi connectivity index (χ1v) is 5.47. The van der Waals surface area contributed by atoms with Crippen LogP contribution in [0.5, 0.6) is 0 Å². The minimum Gasteiger partial charge on any atom is -0.368 e. The first kappa shape index (κ1) is 10.4. The maximum absolute atomic E-state index is 5.59. The van der Waals surface area contributed by atoms with Gasteiger partial charge in [-0.2, -0.15) is 0 Å². The Morgan fingerprint density at radius 3 is 3.00 bits per heavy atom. The highest BCUT2D eigenvalue weighted by Gasteiger charge is 2.28. The van der Waals surface area contributed by atoms with Crippen LogP contribution >= 0.6 is 0 Å². The largest absolute Gasteiger partial charge is 0.368 e. The van der Waals surface area contributed by atoms with Gasteiger partial charge in [-0.25, -0.2) is 9.97 Å². The quantitative estimate of drug-likeness (QED) is 0.791. The predicted molar refractivity (Wildman–Crippen MR) is 60.5 cm³/mol. The maximum Gasteiger partial charge on any atom is 0.220 e. The van der Waals surface area contributed by atoms with E-state index in [4.69, 9.17) is 5.73 Å². The van der Waals surface area contributed by atoms with Gasteiger partial charge < -0.3 is 10.6 Å². The van der Waals surface area contributed by atoms with Crippen LogP contribution in [0, 0.1) is 0 Å². The molecule has 1 aliphatic rings. The third-order valence-electron chi connectivity index (χ3n) is 3.32. The number of hydrogen-bond acceptors (Lipinski definition) is 4. The molecule has 2 atom stereocenters. The van der Waals surface area contributed by atoms with E-state index in [0.29, 0.717) is 17.9 Å². The maximum atomic E-state index is 5.59. The van der Waals surface area contributed by atoms with Crippen molar-refractivity contribution in [1.82, 2.24) is 14.9 Å². The van der Waals surface area contributed by atoms with E-state index in [9.17, 15) is 0 Å². The van der Waals surface area contributed by atoms with Crippen LogP contribution in [-0.2, 0) is 0 Å². The van der Waals surface area contributed by atoms with E-state index in [1.807, 2.05) is 6.07 Å². The molecule has 82 valence electrons. The normalized spacial score (nSPS) is 24.3. The molecule has 0 unspecified atom stereocenters. The van der Waals surface area contributed by atoms with Crippen molar-refractivity contribution in [3.63, 3.8) is 0 Å². The molecule has 4 heteroatoms. The summed E-state index contributed by atoms with van der Waals surface area (Å²) in [6.45, 7) is 3.41. The van der Waals surface area contributed by atoms with Crippen LogP contribution in [0.15, 0.2) is 12.3 Å². The van der Waals surface area contributed by atoms with Crippen LogP contribution in [0.1, 0.15) is 31.4 Å². The number of hydrogen-bond donors (Lipinski definition) is 1. The van der Waals surface area contributed by atoms with Crippen molar-refractivity contribution in [3.8, 4) is 0 Å². The molecular weight excluding hydrogens is 188 g/mol. The summed E-state index contributed by atoms with van der Waals surface area (Å²) >= 11 is 0. The first-order valence-electron chi connectivity index (χ1n) is 5.47. The highest BCUT2D eigenvalue weighted by Crippen LogP contribution is 2.28. The molecule has 0 saturated carbocycles. The Morgan fingerprint density at radius 2 is 2.40 bits per heavy atom. The third-order valence-corrected chi connectivity index (χ3v) is 3.32. The average Bonchev–Trinajstić information content (AvgIpc) is 2.63. The van der Waals surface area contributed by atoms with Gasteiger partial charge in [-0.3, -0.25) is 0 Å². The zero-order valence-electron chi connectivity index (χ0n) is 9.35. The molecule has 0 aliphatic carbocycles. The Morgan fingerprint density at radius 1 is 1.60 bits per heavy atom. The van der Waals surface area contributed by atoms with Crippen molar-refractivity contribution in [2.75, 3.05) is 19.3 Å². The zero-order valence-corrected chi connectivity index (χ0v) is 9.35. The monoisotopic (exact) mass is 206 g/mol. The molecule has 2 heterocycles. The second-order valence-corrected chi connectivity index (χ2v) is 4.32. The van der Waals surface area contributed by atoms with Crippen LogP contribution in [0.2, 0.25) is 0 Å². The van der Waals surface area contributed by atoms with E-state index < -0.39 is 0 Å². The Bertz CT molecular complexity index is 339. The van der Waals surface area contributed by atoms with Gasteiger partial charge >= 0.3 is 0 Å². The van der Waals surface area contributed by atoms with Crippen LogP contribution < -0.4 is 5.73 Å². The molecule has 0 spiro atoms. The van der Waals surface area contributed by atoms with Crippen molar-refractivity contribution >= 4 is 5.95 Å². The predicted octanol–water partition coefficient (Wildman–Crippen LogP) is 1.26. The lowest BCUT2D eigenvalue weighted by Gasteiger charge is -2.25. The van der Waals surface area contributed by atoms with E-state index in [-0.39, 0.29) is 0 Å². The van der Waals surface area contributed by atoms with Gasteiger partial charge in [-0.15, -0.1) is 0 Å². The fourth-order valence-corrected chi connectivity index (χ4v) is 2.41. The summed E-state index contributed by atoms with van der Waals surface area (Å²) in [7, 11) is 2.18. The lowest BCUT2D eigenvalue weighted by atomic mass is 9.96. The summed E-state index contributed by atoms with van der Waals surface area (Å²) < 4.78 is 0. The molecule has 1 aromatic rings. The van der Waals surface area contributed by atoms with Crippen LogP contribution in [-0.4, -0.2) is 34.5 Å². The van der Waals surface area contributed by atoms with E-state index in [1.54, 1.807) is 6.20 Å². The Hall–Kier alpha value is -1.16. The number of anilines is 1. The summed E-state index contributed by atoms with van der Waals surface area (Å²) in [5.74, 6) is 0.808. The number of nitrogens with two attached hydrogens (primary N) is 1. The molecule has 15 heavy (non-hydrogen) atoms. The fraction of sp³-hybridized carbons (Fsp3) is 0.636. The van der Waals surface area contributed by atoms with Gasteiger partial charge in [0.1, 0.15) is 0 Å². The highest BCUT2D eigenvalue weighted by atomic mass is 15.2.